The Morgan fingerprint density at radius 2 is 2.26 bits per heavy atom. The Labute approximate surface area is 108 Å². The van der Waals surface area contributed by atoms with Crippen molar-refractivity contribution in [3.63, 3.8) is 0 Å². The summed E-state index contributed by atoms with van der Waals surface area (Å²) < 4.78 is 1.76. The lowest BCUT2D eigenvalue weighted by atomic mass is 10.2. The molecule has 3 aromatic rings. The number of nitrogens with zero attached hydrogens (tertiary/aromatic N) is 4. The topological polar surface area (TPSA) is 101 Å². The molecule has 0 amide bonds. The second-order valence-electron chi connectivity index (χ2n) is 4.08. The first-order valence-electron chi connectivity index (χ1n) is 5.69. The summed E-state index contributed by atoms with van der Waals surface area (Å²) in [5.41, 5.74) is 7.62. The van der Waals surface area contributed by atoms with Gasteiger partial charge in [-0.3, -0.25) is 4.40 Å². The molecule has 1 aromatic carbocycles. The zero-order valence-corrected chi connectivity index (χ0v) is 9.98. The fraction of sp³-hybridized carbons (Fsp3) is 0.0833. The number of benzene rings is 1. The number of anilines is 2. The normalized spacial score (nSPS) is 10.7. The van der Waals surface area contributed by atoms with Gasteiger partial charge >= 0.3 is 0 Å². The van der Waals surface area contributed by atoms with E-state index in [-0.39, 0.29) is 5.75 Å². The lowest BCUT2D eigenvalue weighted by Gasteiger charge is -2.08. The van der Waals surface area contributed by atoms with Crippen LogP contribution in [0.5, 0.6) is 5.75 Å². The predicted octanol–water partition coefficient (Wildman–Crippen LogP) is 1.02. The summed E-state index contributed by atoms with van der Waals surface area (Å²) in [4.78, 5) is 4.20. The van der Waals surface area contributed by atoms with Gasteiger partial charge in [-0.25, -0.2) is 4.98 Å². The summed E-state index contributed by atoms with van der Waals surface area (Å²) in [5, 5.41) is 20.6. The van der Waals surface area contributed by atoms with Gasteiger partial charge in [0.25, 0.3) is 0 Å². The molecule has 0 unspecified atom stereocenters. The molecule has 0 spiro atoms. The van der Waals surface area contributed by atoms with Gasteiger partial charge in [-0.2, -0.15) is 0 Å². The van der Waals surface area contributed by atoms with Gasteiger partial charge in [-0.15, -0.1) is 10.2 Å². The molecule has 0 saturated heterocycles. The molecule has 0 aliphatic heterocycles. The van der Waals surface area contributed by atoms with Crippen LogP contribution in [0.4, 0.5) is 11.5 Å². The number of aromatic hydroxyl groups is 1. The van der Waals surface area contributed by atoms with Crippen LogP contribution in [0.25, 0.3) is 5.65 Å². The Hall–Kier alpha value is -2.83. The molecule has 96 valence electrons. The van der Waals surface area contributed by atoms with Crippen molar-refractivity contribution in [2.75, 3.05) is 11.1 Å². The van der Waals surface area contributed by atoms with Crippen molar-refractivity contribution in [1.29, 1.82) is 0 Å². The van der Waals surface area contributed by atoms with Gasteiger partial charge in [0.05, 0.1) is 0 Å². The lowest BCUT2D eigenvalue weighted by molar-refractivity contribution is 0.469. The third-order valence-electron chi connectivity index (χ3n) is 2.77. The highest BCUT2D eigenvalue weighted by atomic mass is 16.3. The van der Waals surface area contributed by atoms with Crippen molar-refractivity contribution in [2.45, 2.75) is 6.54 Å². The van der Waals surface area contributed by atoms with E-state index in [1.54, 1.807) is 41.3 Å². The molecule has 2 aromatic heterocycles. The number of nitrogens with one attached hydrogen (secondary N) is 1. The molecule has 2 heterocycles. The van der Waals surface area contributed by atoms with Gasteiger partial charge in [-0.1, -0.05) is 0 Å². The highest BCUT2D eigenvalue weighted by Gasteiger charge is 2.06. The zero-order chi connectivity index (χ0) is 13.2. The molecule has 0 saturated carbocycles. The third kappa shape index (κ3) is 2.13. The number of phenolic OH excluding ortho intramolecular Hbond substituents is 1. The van der Waals surface area contributed by atoms with Crippen LogP contribution in [0.1, 0.15) is 5.56 Å². The molecular weight excluding hydrogens is 244 g/mol. The number of hydrogen-bond donors (Lipinski definition) is 3. The first-order valence-corrected chi connectivity index (χ1v) is 5.69. The number of nitrogens with two attached hydrogens (primary N) is 1. The van der Waals surface area contributed by atoms with E-state index in [0.29, 0.717) is 29.3 Å². The molecule has 19 heavy (non-hydrogen) atoms. The van der Waals surface area contributed by atoms with Crippen LogP contribution >= 0.6 is 0 Å². The lowest BCUT2D eigenvalue weighted by Crippen LogP contribution is -2.04. The van der Waals surface area contributed by atoms with E-state index in [1.807, 2.05) is 0 Å². The van der Waals surface area contributed by atoms with Gasteiger partial charge in [-0.05, 0) is 18.2 Å². The molecule has 0 radical (unpaired) electrons. The molecule has 0 aliphatic rings. The van der Waals surface area contributed by atoms with Crippen molar-refractivity contribution < 1.29 is 5.11 Å². The number of phenols is 1. The molecule has 7 heteroatoms. The molecule has 0 fully saturated rings. The highest BCUT2D eigenvalue weighted by molar-refractivity contribution is 5.62. The monoisotopic (exact) mass is 256 g/mol. The van der Waals surface area contributed by atoms with Gasteiger partial charge in [0.2, 0.25) is 5.65 Å². The molecule has 0 aliphatic carbocycles. The van der Waals surface area contributed by atoms with E-state index in [4.69, 9.17) is 5.73 Å². The van der Waals surface area contributed by atoms with Gasteiger partial charge in [0, 0.05) is 30.2 Å². The number of hydrogen-bond acceptors (Lipinski definition) is 6. The number of nitrogen functional groups attached to an aromatic ring is 1. The zero-order valence-electron chi connectivity index (χ0n) is 9.98. The molecule has 0 bridgehead atoms. The average Bonchev–Trinajstić information content (AvgIpc) is 2.88. The van der Waals surface area contributed by atoms with Crippen LogP contribution in [0, 0.1) is 0 Å². The van der Waals surface area contributed by atoms with E-state index in [0.717, 1.165) is 0 Å². The Balaban J connectivity index is 1.86. The van der Waals surface area contributed by atoms with Crippen LogP contribution in [-0.4, -0.2) is 24.7 Å². The van der Waals surface area contributed by atoms with E-state index in [1.165, 1.54) is 0 Å². The maximum atomic E-state index is 9.74. The Morgan fingerprint density at radius 3 is 3.16 bits per heavy atom. The maximum absolute atomic E-state index is 9.74. The number of rotatable bonds is 3. The van der Waals surface area contributed by atoms with Crippen LogP contribution in [0.2, 0.25) is 0 Å². The van der Waals surface area contributed by atoms with E-state index in [2.05, 4.69) is 20.5 Å². The van der Waals surface area contributed by atoms with Crippen LogP contribution in [0.3, 0.4) is 0 Å². The van der Waals surface area contributed by atoms with Gasteiger partial charge in [0.1, 0.15) is 12.1 Å². The molecular formula is C12H12N6O. The SMILES string of the molecule is Nc1ccc(O)c(CNc2nccn3cnnc23)c1. The smallest absolute Gasteiger partial charge is 0.203 e. The average molecular weight is 256 g/mol. The summed E-state index contributed by atoms with van der Waals surface area (Å²) in [6.45, 7) is 0.399. The van der Waals surface area contributed by atoms with Crippen molar-refractivity contribution in [2.24, 2.45) is 0 Å². The summed E-state index contributed by atoms with van der Waals surface area (Å²) in [5.74, 6) is 0.789. The fourth-order valence-electron chi connectivity index (χ4n) is 1.81. The molecule has 7 nitrogen and oxygen atoms in total. The van der Waals surface area contributed by atoms with E-state index < -0.39 is 0 Å². The summed E-state index contributed by atoms with van der Waals surface area (Å²) >= 11 is 0. The third-order valence-corrected chi connectivity index (χ3v) is 2.77. The maximum Gasteiger partial charge on any atom is 0.203 e. The summed E-state index contributed by atoms with van der Waals surface area (Å²) in [6.07, 6.45) is 5.01. The van der Waals surface area contributed by atoms with Crippen molar-refractivity contribution in [1.82, 2.24) is 19.6 Å². The number of aromatic nitrogens is 4. The molecule has 0 atom stereocenters. The van der Waals surface area contributed by atoms with Gasteiger partial charge in [0.15, 0.2) is 5.82 Å². The van der Waals surface area contributed by atoms with E-state index >= 15 is 0 Å². The van der Waals surface area contributed by atoms with Gasteiger partial charge < -0.3 is 16.2 Å². The standard InChI is InChI=1S/C12H12N6O/c13-9-1-2-10(19)8(5-9)6-15-11-12-17-16-7-18(12)4-3-14-11/h1-5,7,19H,6,13H2,(H,14,15). The minimum absolute atomic E-state index is 0.190. The second kappa shape index (κ2) is 4.45. The number of fused-ring (bicyclic) bond motifs is 1. The van der Waals surface area contributed by atoms with Crippen molar-refractivity contribution in [3.8, 4) is 5.75 Å². The van der Waals surface area contributed by atoms with Crippen molar-refractivity contribution >= 4 is 17.2 Å². The largest absolute Gasteiger partial charge is 0.508 e. The minimum Gasteiger partial charge on any atom is -0.508 e. The quantitative estimate of drug-likeness (QED) is 0.478. The summed E-state index contributed by atoms with van der Waals surface area (Å²) in [6, 6.07) is 4.93. The van der Waals surface area contributed by atoms with Crippen molar-refractivity contribution in [3.05, 3.63) is 42.5 Å². The molecule has 4 N–H and O–H groups in total. The predicted molar refractivity (Wildman–Crippen MR) is 70.6 cm³/mol. The first kappa shape index (κ1) is 11.3. The van der Waals surface area contributed by atoms with Crippen LogP contribution in [0.15, 0.2) is 36.9 Å². The highest BCUT2D eigenvalue weighted by Crippen LogP contribution is 2.21. The van der Waals surface area contributed by atoms with Crippen LogP contribution < -0.4 is 11.1 Å². The first-order chi connectivity index (χ1) is 9.24. The second-order valence-corrected chi connectivity index (χ2v) is 4.08. The molecule has 3 rings (SSSR count). The summed E-state index contributed by atoms with van der Waals surface area (Å²) in [7, 11) is 0. The Morgan fingerprint density at radius 1 is 1.37 bits per heavy atom. The van der Waals surface area contributed by atoms with E-state index in [9.17, 15) is 5.11 Å². The Kier molecular flexibility index (Phi) is 2.64. The Bertz CT molecular complexity index is 723. The van der Waals surface area contributed by atoms with Crippen LogP contribution in [-0.2, 0) is 6.54 Å². The fourth-order valence-corrected chi connectivity index (χ4v) is 1.81. The minimum atomic E-state index is 0.190.